The maximum atomic E-state index is 12.3. The van der Waals surface area contributed by atoms with Crippen molar-refractivity contribution in [2.75, 3.05) is 0 Å². The minimum Gasteiger partial charge on any atom is -0.255 e. The fourth-order valence-electron chi connectivity index (χ4n) is 1.77. The van der Waals surface area contributed by atoms with E-state index in [1.165, 1.54) is 0 Å². The van der Waals surface area contributed by atoms with Crippen molar-refractivity contribution in [1.82, 2.24) is 9.71 Å². The highest BCUT2D eigenvalue weighted by molar-refractivity contribution is 7.83. The lowest BCUT2D eigenvalue weighted by molar-refractivity contribution is 0.520. The molecule has 0 bridgehead atoms. The first-order valence-corrected chi connectivity index (χ1v) is 8.07. The minimum atomic E-state index is -1.25. The summed E-state index contributed by atoms with van der Waals surface area (Å²) in [6.07, 6.45) is 1.74. The summed E-state index contributed by atoms with van der Waals surface area (Å²) < 4.78 is 15.4. The van der Waals surface area contributed by atoms with Crippen LogP contribution in [0.25, 0.3) is 10.9 Å². The number of aromatic nitrogens is 1. The molecule has 1 unspecified atom stereocenters. The molecule has 1 aromatic heterocycles. The Balaban J connectivity index is 0.000000956. The first kappa shape index (κ1) is 16.8. The number of aryl methyl sites for hydroxylation is 1. The van der Waals surface area contributed by atoms with Gasteiger partial charge < -0.3 is 0 Å². The van der Waals surface area contributed by atoms with Crippen LogP contribution in [-0.4, -0.2) is 14.7 Å². The Morgan fingerprint density at radius 2 is 1.80 bits per heavy atom. The summed E-state index contributed by atoms with van der Waals surface area (Å²) in [5.41, 5.74) is 1.76. The molecule has 0 radical (unpaired) electrons. The van der Waals surface area contributed by atoms with Crippen molar-refractivity contribution in [3.8, 4) is 0 Å². The average Bonchev–Trinajstić information content (AvgIpc) is 2.39. The molecule has 1 aromatic carbocycles. The number of rotatable bonds is 2. The second kappa shape index (κ2) is 6.95. The third-order valence-corrected chi connectivity index (χ3v) is 4.08. The van der Waals surface area contributed by atoms with Gasteiger partial charge in [-0.2, -0.15) is 0 Å². The summed E-state index contributed by atoms with van der Waals surface area (Å²) in [5.74, 6) is 0. The van der Waals surface area contributed by atoms with Crippen LogP contribution in [0.1, 0.15) is 40.2 Å². The summed E-state index contributed by atoms with van der Waals surface area (Å²) in [7, 11) is -1.25. The van der Waals surface area contributed by atoms with Crippen LogP contribution in [-0.2, 0) is 11.0 Å². The van der Waals surface area contributed by atoms with Gasteiger partial charge in [-0.05, 0) is 45.4 Å². The number of nitrogens with zero attached hydrogens (tertiary/aromatic N) is 1. The lowest BCUT2D eigenvalue weighted by atomic mass is 10.1. The topological polar surface area (TPSA) is 42.0 Å². The molecule has 2 rings (SSSR count). The van der Waals surface area contributed by atoms with Gasteiger partial charge in [-0.25, -0.2) is 8.93 Å². The molecule has 0 aliphatic rings. The van der Waals surface area contributed by atoms with Crippen LogP contribution in [0, 0.1) is 6.92 Å². The normalized spacial score (nSPS) is 12.7. The zero-order valence-corrected chi connectivity index (χ0v) is 14.0. The van der Waals surface area contributed by atoms with Crippen LogP contribution in [0.5, 0.6) is 0 Å². The molecular weight excluding hydrogens is 268 g/mol. The molecule has 3 nitrogen and oxygen atoms in total. The maximum Gasteiger partial charge on any atom is 0.127 e. The number of pyridine rings is 1. The van der Waals surface area contributed by atoms with E-state index >= 15 is 0 Å². The van der Waals surface area contributed by atoms with Gasteiger partial charge in [0.05, 0.1) is 10.4 Å². The van der Waals surface area contributed by atoms with Gasteiger partial charge in [0.2, 0.25) is 0 Å². The van der Waals surface area contributed by atoms with E-state index in [0.29, 0.717) is 0 Å². The molecule has 0 saturated heterocycles. The summed E-state index contributed by atoms with van der Waals surface area (Å²) in [5, 5.41) is 1.05. The monoisotopic (exact) mass is 292 g/mol. The van der Waals surface area contributed by atoms with Crippen molar-refractivity contribution in [1.29, 1.82) is 0 Å². The predicted octanol–water partition coefficient (Wildman–Crippen LogP) is 3.98. The Morgan fingerprint density at radius 3 is 2.40 bits per heavy atom. The first-order valence-electron chi connectivity index (χ1n) is 6.92. The molecule has 1 atom stereocenters. The summed E-state index contributed by atoms with van der Waals surface area (Å²) in [6, 6.07) is 7.79. The van der Waals surface area contributed by atoms with Gasteiger partial charge in [0, 0.05) is 17.1 Å². The van der Waals surface area contributed by atoms with E-state index in [0.717, 1.165) is 21.4 Å². The zero-order valence-electron chi connectivity index (χ0n) is 13.2. The molecule has 1 N–H and O–H groups in total. The average molecular weight is 292 g/mol. The van der Waals surface area contributed by atoms with Gasteiger partial charge in [0.25, 0.3) is 0 Å². The van der Waals surface area contributed by atoms with Crippen molar-refractivity contribution >= 4 is 21.9 Å². The predicted molar refractivity (Wildman–Crippen MR) is 87.1 cm³/mol. The van der Waals surface area contributed by atoms with E-state index < -0.39 is 11.0 Å². The molecule has 0 saturated carbocycles. The molecule has 110 valence electrons. The Hall–Kier alpha value is -1.26. The Bertz CT molecular complexity index is 603. The first-order chi connectivity index (χ1) is 9.38. The van der Waals surface area contributed by atoms with Crippen LogP contribution in [0.15, 0.2) is 35.4 Å². The Morgan fingerprint density at radius 1 is 1.15 bits per heavy atom. The second-order valence-electron chi connectivity index (χ2n) is 5.40. The van der Waals surface area contributed by atoms with Crippen LogP contribution >= 0.6 is 0 Å². The van der Waals surface area contributed by atoms with Crippen molar-refractivity contribution in [3.05, 3.63) is 36.0 Å². The van der Waals surface area contributed by atoms with Crippen molar-refractivity contribution in [2.45, 2.75) is 52.0 Å². The van der Waals surface area contributed by atoms with Gasteiger partial charge in [0.1, 0.15) is 11.0 Å². The highest BCUT2D eigenvalue weighted by Crippen LogP contribution is 2.22. The van der Waals surface area contributed by atoms with Crippen molar-refractivity contribution in [3.63, 3.8) is 0 Å². The quantitative estimate of drug-likeness (QED) is 0.909. The molecule has 2 aromatic rings. The van der Waals surface area contributed by atoms with E-state index in [1.807, 2.05) is 65.8 Å². The number of fused-ring (bicyclic) bond motifs is 1. The highest BCUT2D eigenvalue weighted by atomic mass is 32.2. The SMILES string of the molecule is CC.Cc1ccc(S(=O)NC(C)(C)C)c2ncccc12. The van der Waals surface area contributed by atoms with Crippen LogP contribution in [0.2, 0.25) is 0 Å². The Kier molecular flexibility index (Phi) is 5.84. The molecule has 1 heterocycles. The van der Waals surface area contributed by atoms with Crippen LogP contribution in [0.3, 0.4) is 0 Å². The second-order valence-corrected chi connectivity index (χ2v) is 6.58. The number of hydrogen-bond donors (Lipinski definition) is 1. The molecule has 0 aliphatic carbocycles. The number of hydrogen-bond acceptors (Lipinski definition) is 2. The smallest absolute Gasteiger partial charge is 0.127 e. The summed E-state index contributed by atoms with van der Waals surface area (Å²) >= 11 is 0. The van der Waals surface area contributed by atoms with Gasteiger partial charge >= 0.3 is 0 Å². The third kappa shape index (κ3) is 4.12. The van der Waals surface area contributed by atoms with E-state index in [9.17, 15) is 4.21 Å². The van der Waals surface area contributed by atoms with Crippen LogP contribution < -0.4 is 4.72 Å². The van der Waals surface area contributed by atoms with E-state index in [-0.39, 0.29) is 5.54 Å². The van der Waals surface area contributed by atoms with Crippen LogP contribution in [0.4, 0.5) is 0 Å². The molecule has 0 amide bonds. The highest BCUT2D eigenvalue weighted by Gasteiger charge is 2.17. The number of benzene rings is 1. The van der Waals surface area contributed by atoms with E-state index in [1.54, 1.807) is 6.20 Å². The van der Waals surface area contributed by atoms with Crippen molar-refractivity contribution in [2.24, 2.45) is 0 Å². The fraction of sp³-hybridized carbons (Fsp3) is 0.438. The summed E-state index contributed by atoms with van der Waals surface area (Å²) in [6.45, 7) is 12.0. The minimum absolute atomic E-state index is 0.198. The maximum absolute atomic E-state index is 12.3. The lowest BCUT2D eigenvalue weighted by Crippen LogP contribution is -2.37. The van der Waals surface area contributed by atoms with Gasteiger partial charge in [0.15, 0.2) is 0 Å². The van der Waals surface area contributed by atoms with Gasteiger partial charge in [-0.15, -0.1) is 0 Å². The Labute approximate surface area is 124 Å². The lowest BCUT2D eigenvalue weighted by Gasteiger charge is -2.20. The van der Waals surface area contributed by atoms with E-state index in [4.69, 9.17) is 0 Å². The van der Waals surface area contributed by atoms with Gasteiger partial charge in [-0.1, -0.05) is 26.0 Å². The fourth-order valence-corrected chi connectivity index (χ4v) is 2.97. The summed E-state index contributed by atoms with van der Waals surface area (Å²) in [4.78, 5) is 5.10. The molecule has 4 heteroatoms. The number of nitrogens with one attached hydrogen (secondary N) is 1. The largest absolute Gasteiger partial charge is 0.255 e. The van der Waals surface area contributed by atoms with Crippen molar-refractivity contribution < 1.29 is 4.21 Å². The third-order valence-electron chi connectivity index (χ3n) is 2.55. The zero-order chi connectivity index (χ0) is 15.3. The molecule has 0 spiro atoms. The molecule has 0 aliphatic heterocycles. The molecule has 0 fully saturated rings. The molecule has 20 heavy (non-hydrogen) atoms. The van der Waals surface area contributed by atoms with E-state index in [2.05, 4.69) is 9.71 Å². The van der Waals surface area contributed by atoms with Gasteiger partial charge in [-0.3, -0.25) is 4.98 Å². The molecular formula is C16H24N2OS. The standard InChI is InChI=1S/C14H18N2OS.C2H6/c1-10-7-8-12(18(17)16-14(2,3)4)13-11(10)6-5-9-15-13;1-2/h5-9,16H,1-4H3;1-2H3.